The molecule has 1 aliphatic carbocycles. The highest BCUT2D eigenvalue weighted by Gasteiger charge is 2.43. The first-order valence-corrected chi connectivity index (χ1v) is 11.2. The van der Waals surface area contributed by atoms with E-state index >= 15 is 0 Å². The summed E-state index contributed by atoms with van der Waals surface area (Å²) in [5.41, 5.74) is 0.969. The average Bonchev–Trinajstić information content (AvgIpc) is 3.25. The molecule has 2 atom stereocenters. The van der Waals surface area contributed by atoms with Crippen molar-refractivity contribution >= 4 is 23.4 Å². The van der Waals surface area contributed by atoms with Gasteiger partial charge in [0.2, 0.25) is 5.95 Å². The zero-order valence-electron chi connectivity index (χ0n) is 17.8. The van der Waals surface area contributed by atoms with Crippen LogP contribution in [0.3, 0.4) is 0 Å². The summed E-state index contributed by atoms with van der Waals surface area (Å²) in [5, 5.41) is 8.43. The van der Waals surface area contributed by atoms with Gasteiger partial charge in [0, 0.05) is 30.9 Å². The summed E-state index contributed by atoms with van der Waals surface area (Å²) >= 11 is 6.20. The minimum absolute atomic E-state index is 0.0623. The van der Waals surface area contributed by atoms with Gasteiger partial charge in [0.1, 0.15) is 24.6 Å². The quantitative estimate of drug-likeness (QED) is 0.571. The SMILES string of the molecule is Cc1cc(N2CC3CCC(C2)C3Nc2nc(Oc3ccccc3Cl)n(CCF)n2)ncn1. The molecule has 0 amide bonds. The van der Waals surface area contributed by atoms with Gasteiger partial charge >= 0.3 is 6.01 Å². The fourth-order valence-corrected chi connectivity index (χ4v) is 4.90. The van der Waals surface area contributed by atoms with Crippen LogP contribution in [0.2, 0.25) is 5.02 Å². The van der Waals surface area contributed by atoms with E-state index in [1.807, 2.05) is 25.1 Å². The van der Waals surface area contributed by atoms with Gasteiger partial charge in [-0.1, -0.05) is 23.7 Å². The molecule has 2 bridgehead atoms. The maximum Gasteiger partial charge on any atom is 0.322 e. The zero-order chi connectivity index (χ0) is 22.1. The Morgan fingerprint density at radius 1 is 1.19 bits per heavy atom. The van der Waals surface area contributed by atoms with Gasteiger partial charge in [-0.3, -0.25) is 0 Å². The van der Waals surface area contributed by atoms with Crippen molar-refractivity contribution in [3.63, 3.8) is 0 Å². The summed E-state index contributed by atoms with van der Waals surface area (Å²) in [5.74, 6) is 2.79. The number of hydrogen-bond donors (Lipinski definition) is 1. The van der Waals surface area contributed by atoms with Crippen molar-refractivity contribution in [2.24, 2.45) is 11.8 Å². The lowest BCUT2D eigenvalue weighted by molar-refractivity contribution is 0.363. The van der Waals surface area contributed by atoms with Crippen molar-refractivity contribution in [3.05, 3.63) is 47.4 Å². The van der Waals surface area contributed by atoms with Gasteiger partial charge in [-0.25, -0.2) is 19.0 Å². The predicted molar refractivity (Wildman–Crippen MR) is 120 cm³/mol. The first-order valence-electron chi connectivity index (χ1n) is 10.8. The molecule has 2 aliphatic rings. The number of fused-ring (bicyclic) bond motifs is 2. The molecule has 1 aliphatic heterocycles. The van der Waals surface area contributed by atoms with Crippen LogP contribution < -0.4 is 15.0 Å². The molecule has 5 rings (SSSR count). The molecule has 32 heavy (non-hydrogen) atoms. The van der Waals surface area contributed by atoms with Crippen LogP contribution in [0.25, 0.3) is 0 Å². The summed E-state index contributed by atoms with van der Waals surface area (Å²) in [7, 11) is 0. The van der Waals surface area contributed by atoms with E-state index in [2.05, 4.69) is 30.3 Å². The van der Waals surface area contributed by atoms with E-state index in [9.17, 15) is 4.39 Å². The van der Waals surface area contributed by atoms with Crippen LogP contribution in [0.15, 0.2) is 36.7 Å². The molecule has 2 aromatic heterocycles. The number of halogens is 2. The number of anilines is 2. The molecule has 1 saturated carbocycles. The maximum atomic E-state index is 13.1. The van der Waals surface area contributed by atoms with Crippen LogP contribution in [0.5, 0.6) is 11.8 Å². The first-order chi connectivity index (χ1) is 15.6. The summed E-state index contributed by atoms with van der Waals surface area (Å²) in [6.45, 7) is 3.31. The number of nitrogens with one attached hydrogen (secondary N) is 1. The Labute approximate surface area is 190 Å². The molecule has 0 spiro atoms. The van der Waals surface area contributed by atoms with Crippen molar-refractivity contribution in [1.82, 2.24) is 24.7 Å². The van der Waals surface area contributed by atoms with Gasteiger partial charge in [-0.05, 0) is 43.7 Å². The lowest BCUT2D eigenvalue weighted by Crippen LogP contribution is -2.48. The Morgan fingerprint density at radius 3 is 2.69 bits per heavy atom. The molecule has 1 saturated heterocycles. The van der Waals surface area contributed by atoms with Gasteiger partial charge in [0.25, 0.3) is 0 Å². The van der Waals surface area contributed by atoms with Crippen LogP contribution >= 0.6 is 11.6 Å². The Balaban J connectivity index is 1.32. The minimum Gasteiger partial charge on any atom is -0.423 e. The van der Waals surface area contributed by atoms with Gasteiger partial charge < -0.3 is 15.0 Å². The monoisotopic (exact) mass is 457 g/mol. The van der Waals surface area contributed by atoms with E-state index in [-0.39, 0.29) is 18.6 Å². The Morgan fingerprint density at radius 2 is 1.97 bits per heavy atom. The number of para-hydroxylation sites is 1. The number of piperidine rings is 1. The topological polar surface area (TPSA) is 81.0 Å². The second-order valence-corrected chi connectivity index (χ2v) is 8.76. The number of rotatable bonds is 7. The third-order valence-electron chi connectivity index (χ3n) is 6.21. The number of aromatic nitrogens is 5. The highest BCUT2D eigenvalue weighted by molar-refractivity contribution is 6.32. The van der Waals surface area contributed by atoms with E-state index in [1.165, 1.54) is 4.68 Å². The third kappa shape index (κ3) is 4.21. The number of aryl methyl sites for hydroxylation is 2. The molecular formula is C22H25ClFN7O. The van der Waals surface area contributed by atoms with Gasteiger partial charge in [0.05, 0.1) is 11.6 Å². The minimum atomic E-state index is -0.566. The molecule has 8 nitrogen and oxygen atoms in total. The number of nitrogens with zero attached hydrogens (tertiary/aromatic N) is 6. The van der Waals surface area contributed by atoms with Gasteiger partial charge in [0.15, 0.2) is 0 Å². The highest BCUT2D eigenvalue weighted by atomic mass is 35.5. The van der Waals surface area contributed by atoms with Crippen molar-refractivity contribution in [3.8, 4) is 11.8 Å². The second-order valence-electron chi connectivity index (χ2n) is 8.35. The molecule has 168 valence electrons. The van der Waals surface area contributed by atoms with Crippen LogP contribution in [0.4, 0.5) is 16.2 Å². The van der Waals surface area contributed by atoms with Crippen LogP contribution in [0.1, 0.15) is 18.5 Å². The lowest BCUT2D eigenvalue weighted by atomic mass is 9.92. The summed E-state index contributed by atoms with van der Waals surface area (Å²) < 4.78 is 20.4. The van der Waals surface area contributed by atoms with E-state index in [1.54, 1.807) is 18.5 Å². The van der Waals surface area contributed by atoms with Gasteiger partial charge in [-0.2, -0.15) is 4.98 Å². The molecule has 1 aromatic carbocycles. The van der Waals surface area contributed by atoms with Crippen LogP contribution in [-0.4, -0.2) is 50.5 Å². The normalized spacial score (nSPS) is 22.2. The first kappa shape index (κ1) is 20.9. The molecule has 2 fully saturated rings. The molecule has 0 radical (unpaired) electrons. The summed E-state index contributed by atoms with van der Waals surface area (Å²) in [6.07, 6.45) is 3.90. The molecule has 1 N–H and O–H groups in total. The van der Waals surface area contributed by atoms with Crippen LogP contribution in [0, 0.1) is 18.8 Å². The molecule has 3 aromatic rings. The number of hydrogen-bond acceptors (Lipinski definition) is 7. The van der Waals surface area contributed by atoms with E-state index < -0.39 is 6.67 Å². The van der Waals surface area contributed by atoms with Gasteiger partial charge in [-0.15, -0.1) is 5.10 Å². The Hall–Kier alpha value is -2.94. The van der Waals surface area contributed by atoms with Crippen molar-refractivity contribution in [2.45, 2.75) is 32.4 Å². The van der Waals surface area contributed by atoms with Crippen LogP contribution in [-0.2, 0) is 6.54 Å². The molecular weight excluding hydrogens is 433 g/mol. The number of benzene rings is 1. The number of ether oxygens (including phenoxy) is 1. The second kappa shape index (κ2) is 8.90. The van der Waals surface area contributed by atoms with E-state index in [4.69, 9.17) is 16.3 Å². The molecule has 3 heterocycles. The van der Waals surface area contributed by atoms with E-state index in [0.29, 0.717) is 28.6 Å². The van der Waals surface area contributed by atoms with E-state index in [0.717, 1.165) is 37.4 Å². The molecule has 2 unspecified atom stereocenters. The highest BCUT2D eigenvalue weighted by Crippen LogP contribution is 2.40. The smallest absolute Gasteiger partial charge is 0.322 e. The zero-order valence-corrected chi connectivity index (χ0v) is 18.5. The Bertz CT molecular complexity index is 1080. The lowest BCUT2D eigenvalue weighted by Gasteiger charge is -2.38. The summed E-state index contributed by atoms with van der Waals surface area (Å²) in [6, 6.07) is 9.63. The average molecular weight is 458 g/mol. The fraction of sp³-hybridized carbons (Fsp3) is 0.455. The summed E-state index contributed by atoms with van der Waals surface area (Å²) in [4.78, 5) is 15.5. The number of alkyl halides is 1. The maximum absolute atomic E-state index is 13.1. The molecule has 10 heteroatoms. The van der Waals surface area contributed by atoms with Crippen molar-refractivity contribution < 1.29 is 9.13 Å². The third-order valence-corrected chi connectivity index (χ3v) is 6.53. The van der Waals surface area contributed by atoms with Crippen molar-refractivity contribution in [2.75, 3.05) is 30.0 Å². The fourth-order valence-electron chi connectivity index (χ4n) is 4.72. The van der Waals surface area contributed by atoms with Crippen molar-refractivity contribution in [1.29, 1.82) is 0 Å². The Kier molecular flexibility index (Phi) is 5.82. The largest absolute Gasteiger partial charge is 0.423 e. The standard InChI is InChI=1S/C22H25ClFN7O/c1-14-10-19(26-13-25-14)30-11-15-6-7-16(12-30)20(15)27-21-28-22(31(29-21)9-8-24)32-18-5-3-2-4-17(18)23/h2-5,10,13,15-16,20H,6-9,11-12H2,1H3,(H,27,29). The predicted octanol–water partition coefficient (Wildman–Crippen LogP) is 4.12.